The lowest BCUT2D eigenvalue weighted by atomic mass is 10.6. The molecular formula is C12H24O9. The predicted octanol–water partition coefficient (Wildman–Crippen LogP) is 0.508. The number of carbonyl (C=O) groups is 1. The molecule has 21 heavy (non-hydrogen) atoms. The molecule has 0 aromatic heterocycles. The number of carbonyl (C=O) groups excluding carboxylic acids is 1. The lowest BCUT2D eigenvalue weighted by molar-refractivity contribution is -0.507. The maximum Gasteiger partial charge on any atom is 0.464 e. The van der Waals surface area contributed by atoms with Gasteiger partial charge in [0.05, 0.1) is 0 Å². The van der Waals surface area contributed by atoms with Crippen molar-refractivity contribution in [1.29, 1.82) is 0 Å². The van der Waals surface area contributed by atoms with Crippen LogP contribution in [0.5, 0.6) is 0 Å². The van der Waals surface area contributed by atoms with Gasteiger partial charge in [-0.15, -0.1) is 0 Å². The zero-order valence-electron chi connectivity index (χ0n) is 13.2. The van der Waals surface area contributed by atoms with Gasteiger partial charge in [-0.1, -0.05) is 0 Å². The SMILES string of the molecule is COCOC(O)(OC(C)=O)OC(C)OC(C)OC(C)OC. The molecule has 9 nitrogen and oxygen atoms in total. The van der Waals surface area contributed by atoms with Crippen molar-refractivity contribution in [2.45, 2.75) is 52.7 Å². The van der Waals surface area contributed by atoms with Crippen molar-refractivity contribution in [1.82, 2.24) is 0 Å². The van der Waals surface area contributed by atoms with E-state index in [-0.39, 0.29) is 6.79 Å². The van der Waals surface area contributed by atoms with Crippen LogP contribution in [0.4, 0.5) is 0 Å². The molecule has 9 heteroatoms. The first-order valence-corrected chi connectivity index (χ1v) is 6.28. The normalized spacial score (nSPS) is 18.6. The van der Waals surface area contributed by atoms with E-state index in [2.05, 4.69) is 9.47 Å². The highest BCUT2D eigenvalue weighted by Crippen LogP contribution is 2.17. The molecule has 0 radical (unpaired) electrons. The molecule has 0 spiro atoms. The van der Waals surface area contributed by atoms with Gasteiger partial charge in [-0.05, 0) is 20.8 Å². The molecule has 4 atom stereocenters. The van der Waals surface area contributed by atoms with Crippen LogP contribution in [0, 0.1) is 0 Å². The fraction of sp³-hybridized carbons (Fsp3) is 0.917. The minimum Gasteiger partial charge on any atom is -0.384 e. The summed E-state index contributed by atoms with van der Waals surface area (Å²) in [6.07, 6.45) is -4.80. The van der Waals surface area contributed by atoms with Crippen LogP contribution < -0.4 is 0 Å². The van der Waals surface area contributed by atoms with Crippen LogP contribution in [-0.4, -0.2) is 57.1 Å². The smallest absolute Gasteiger partial charge is 0.384 e. The van der Waals surface area contributed by atoms with Gasteiger partial charge >= 0.3 is 12.1 Å². The summed E-state index contributed by atoms with van der Waals surface area (Å²) in [5, 5.41) is 9.91. The molecular weight excluding hydrogens is 288 g/mol. The molecule has 0 aromatic rings. The Balaban J connectivity index is 4.44. The monoisotopic (exact) mass is 312 g/mol. The molecule has 0 rings (SSSR count). The van der Waals surface area contributed by atoms with E-state index in [9.17, 15) is 9.90 Å². The summed E-state index contributed by atoms with van der Waals surface area (Å²) in [5.41, 5.74) is 0. The Kier molecular flexibility index (Phi) is 9.62. The van der Waals surface area contributed by atoms with Crippen LogP contribution in [0.25, 0.3) is 0 Å². The third-order valence-electron chi connectivity index (χ3n) is 2.05. The third kappa shape index (κ3) is 9.69. The van der Waals surface area contributed by atoms with E-state index in [1.54, 1.807) is 13.8 Å². The van der Waals surface area contributed by atoms with Crippen molar-refractivity contribution in [2.75, 3.05) is 21.0 Å². The van der Waals surface area contributed by atoms with Gasteiger partial charge in [0.15, 0.2) is 25.7 Å². The average Bonchev–Trinajstić information content (AvgIpc) is 2.34. The molecule has 0 bridgehead atoms. The topological polar surface area (TPSA) is 102 Å². The van der Waals surface area contributed by atoms with E-state index >= 15 is 0 Å². The summed E-state index contributed by atoms with van der Waals surface area (Å²) in [4.78, 5) is 10.9. The van der Waals surface area contributed by atoms with Crippen molar-refractivity contribution in [2.24, 2.45) is 0 Å². The summed E-state index contributed by atoms with van der Waals surface area (Å²) in [6, 6.07) is 0. The number of esters is 1. The lowest BCUT2D eigenvalue weighted by Crippen LogP contribution is -2.44. The van der Waals surface area contributed by atoms with Crippen LogP contribution >= 0.6 is 0 Å². The number of hydrogen-bond donors (Lipinski definition) is 1. The average molecular weight is 312 g/mol. The van der Waals surface area contributed by atoms with Crippen molar-refractivity contribution in [3.05, 3.63) is 0 Å². The van der Waals surface area contributed by atoms with Gasteiger partial charge in [-0.2, -0.15) is 0 Å². The number of methoxy groups -OCH3 is 2. The van der Waals surface area contributed by atoms with E-state index in [4.69, 9.17) is 23.7 Å². The third-order valence-corrected chi connectivity index (χ3v) is 2.05. The zero-order valence-corrected chi connectivity index (χ0v) is 13.2. The highest BCUT2D eigenvalue weighted by molar-refractivity contribution is 5.66. The van der Waals surface area contributed by atoms with Gasteiger partial charge in [0.2, 0.25) is 0 Å². The molecule has 4 unspecified atom stereocenters. The molecule has 0 amide bonds. The van der Waals surface area contributed by atoms with Crippen LogP contribution in [0.3, 0.4) is 0 Å². The standard InChI is InChI=1S/C12H24O9/c1-8(13)20-12(14,17-7-15-5)21-11(4)19-10(3)18-9(2)16-6/h9-11,14H,7H2,1-6H3. The Morgan fingerprint density at radius 2 is 1.67 bits per heavy atom. The quantitative estimate of drug-likeness (QED) is 0.431. The van der Waals surface area contributed by atoms with Crippen molar-refractivity contribution < 1.29 is 43.1 Å². The molecule has 1 N–H and O–H groups in total. The summed E-state index contributed by atoms with van der Waals surface area (Å²) in [5.74, 6) is -0.807. The Bertz CT molecular complexity index is 298. The molecule has 0 aliphatic rings. The summed E-state index contributed by atoms with van der Waals surface area (Å²) >= 11 is 0. The van der Waals surface area contributed by atoms with Crippen molar-refractivity contribution in [3.8, 4) is 0 Å². The number of rotatable bonds is 11. The molecule has 0 heterocycles. The number of ether oxygens (including phenoxy) is 7. The maximum absolute atomic E-state index is 10.9. The number of aliphatic hydroxyl groups is 1. The maximum atomic E-state index is 10.9. The van der Waals surface area contributed by atoms with Crippen molar-refractivity contribution in [3.63, 3.8) is 0 Å². The zero-order chi connectivity index (χ0) is 16.5. The van der Waals surface area contributed by atoms with Crippen LogP contribution in [0.15, 0.2) is 0 Å². The Hall–Kier alpha value is -0.810. The predicted molar refractivity (Wildman–Crippen MR) is 68.3 cm³/mol. The van der Waals surface area contributed by atoms with Crippen LogP contribution in [0.2, 0.25) is 0 Å². The largest absolute Gasteiger partial charge is 0.464 e. The molecule has 0 aliphatic heterocycles. The van der Waals surface area contributed by atoms with E-state index in [1.807, 2.05) is 0 Å². The van der Waals surface area contributed by atoms with Gasteiger partial charge in [-0.25, -0.2) is 0 Å². The Labute approximate surface area is 124 Å². The Morgan fingerprint density at radius 3 is 2.14 bits per heavy atom. The van der Waals surface area contributed by atoms with Gasteiger partial charge in [0, 0.05) is 21.1 Å². The second-order valence-corrected chi connectivity index (χ2v) is 4.00. The van der Waals surface area contributed by atoms with E-state index in [0.717, 1.165) is 6.92 Å². The van der Waals surface area contributed by atoms with Gasteiger partial charge in [0.25, 0.3) is 0 Å². The van der Waals surface area contributed by atoms with E-state index in [1.165, 1.54) is 21.1 Å². The summed E-state index contributed by atoms with van der Waals surface area (Å²) in [7, 11) is 2.81. The fourth-order valence-electron chi connectivity index (χ4n) is 1.27. The van der Waals surface area contributed by atoms with Gasteiger partial charge < -0.3 is 28.8 Å². The van der Waals surface area contributed by atoms with Gasteiger partial charge in [0.1, 0.15) is 0 Å². The van der Waals surface area contributed by atoms with Crippen molar-refractivity contribution >= 4 is 5.97 Å². The number of hydrogen-bond acceptors (Lipinski definition) is 9. The second-order valence-electron chi connectivity index (χ2n) is 4.00. The second kappa shape index (κ2) is 10.0. The first-order chi connectivity index (χ1) is 9.72. The first kappa shape index (κ1) is 20.2. The molecule has 0 fully saturated rings. The minimum atomic E-state index is -2.62. The molecule has 126 valence electrons. The Morgan fingerprint density at radius 1 is 1.10 bits per heavy atom. The van der Waals surface area contributed by atoms with E-state index < -0.39 is 31.0 Å². The lowest BCUT2D eigenvalue weighted by Gasteiger charge is -2.29. The molecule has 0 saturated heterocycles. The first-order valence-electron chi connectivity index (χ1n) is 6.28. The molecule has 0 aromatic carbocycles. The highest BCUT2D eigenvalue weighted by Gasteiger charge is 2.37. The summed E-state index contributed by atoms with van der Waals surface area (Å²) < 4.78 is 34.4. The van der Waals surface area contributed by atoms with Gasteiger partial charge in [-0.3, -0.25) is 14.3 Å². The molecule has 0 saturated carbocycles. The minimum absolute atomic E-state index is 0.358. The summed E-state index contributed by atoms with van der Waals surface area (Å²) in [6.45, 7) is 5.48. The van der Waals surface area contributed by atoms with Crippen LogP contribution in [0.1, 0.15) is 27.7 Å². The highest BCUT2D eigenvalue weighted by atomic mass is 17.0. The molecule has 0 aliphatic carbocycles. The van der Waals surface area contributed by atoms with E-state index in [0.29, 0.717) is 0 Å². The van der Waals surface area contributed by atoms with Crippen LogP contribution in [-0.2, 0) is 38.0 Å². The fourth-order valence-corrected chi connectivity index (χ4v) is 1.27.